The van der Waals surface area contributed by atoms with Gasteiger partial charge in [0.25, 0.3) is 0 Å². The molecule has 2 aromatic carbocycles. The van der Waals surface area contributed by atoms with Gasteiger partial charge in [-0.3, -0.25) is 15.1 Å². The molecule has 0 aliphatic heterocycles. The lowest BCUT2D eigenvalue weighted by atomic mass is 10.1. The average Bonchev–Trinajstić information content (AvgIpc) is 2.55. The Bertz CT molecular complexity index is 608. The molecule has 2 aromatic rings. The van der Waals surface area contributed by atoms with E-state index in [9.17, 15) is 4.79 Å². The summed E-state index contributed by atoms with van der Waals surface area (Å²) in [6.07, 6.45) is 2.88. The Balaban J connectivity index is 1.83. The minimum atomic E-state index is -0.150. The number of carbonyl (C=O) groups is 1. The third-order valence-corrected chi connectivity index (χ3v) is 2.84. The molecule has 0 aliphatic rings. The third-order valence-electron chi connectivity index (χ3n) is 2.84. The molecule has 4 nitrogen and oxygen atoms in total. The highest BCUT2D eigenvalue weighted by atomic mass is 16.6. The molecule has 0 amide bonds. The first-order valence-corrected chi connectivity index (χ1v) is 6.56. The van der Waals surface area contributed by atoms with Crippen LogP contribution in [0, 0.1) is 0 Å². The van der Waals surface area contributed by atoms with E-state index in [1.807, 2.05) is 36.4 Å². The van der Waals surface area contributed by atoms with Crippen molar-refractivity contribution in [2.24, 2.45) is 0 Å². The van der Waals surface area contributed by atoms with Gasteiger partial charge in [-0.05, 0) is 17.7 Å². The second-order valence-electron chi connectivity index (χ2n) is 4.29. The van der Waals surface area contributed by atoms with Gasteiger partial charge in [-0.25, -0.2) is 0 Å². The van der Waals surface area contributed by atoms with Crippen LogP contribution in [0.15, 0.2) is 66.9 Å². The third kappa shape index (κ3) is 4.47. The van der Waals surface area contributed by atoms with Crippen LogP contribution in [0.3, 0.4) is 0 Å². The maximum atomic E-state index is 12.0. The van der Waals surface area contributed by atoms with Crippen molar-refractivity contribution in [3.63, 3.8) is 0 Å². The van der Waals surface area contributed by atoms with Crippen LogP contribution in [-0.2, 0) is 11.4 Å². The zero-order chi connectivity index (χ0) is 14.9. The zero-order valence-corrected chi connectivity index (χ0v) is 11.8. The van der Waals surface area contributed by atoms with Crippen molar-refractivity contribution in [3.8, 4) is 5.75 Å². The second-order valence-corrected chi connectivity index (χ2v) is 4.29. The Hall–Kier alpha value is -2.59. The van der Waals surface area contributed by atoms with Gasteiger partial charge in [0.05, 0.1) is 19.3 Å². The van der Waals surface area contributed by atoms with Gasteiger partial charge in [0.2, 0.25) is 0 Å². The number of benzene rings is 2. The van der Waals surface area contributed by atoms with E-state index in [1.165, 1.54) is 19.4 Å². The molecule has 0 unspecified atom stereocenters. The largest absolute Gasteiger partial charge is 0.496 e. The number of hydrogen-bond donors (Lipinski definition) is 1. The van der Waals surface area contributed by atoms with Gasteiger partial charge in [-0.1, -0.05) is 42.5 Å². The molecule has 0 spiro atoms. The molecule has 0 saturated heterocycles. The van der Waals surface area contributed by atoms with Gasteiger partial charge in [0, 0.05) is 12.3 Å². The van der Waals surface area contributed by atoms with Crippen LogP contribution in [0.25, 0.3) is 0 Å². The number of nitrogens with one attached hydrogen (secondary N) is 1. The van der Waals surface area contributed by atoms with Crippen molar-refractivity contribution in [2.45, 2.75) is 6.61 Å². The Morgan fingerprint density at radius 3 is 2.57 bits per heavy atom. The number of carbonyl (C=O) groups excluding carboxylic acids is 1. The van der Waals surface area contributed by atoms with Gasteiger partial charge in [0.15, 0.2) is 5.78 Å². The van der Waals surface area contributed by atoms with E-state index in [-0.39, 0.29) is 5.78 Å². The summed E-state index contributed by atoms with van der Waals surface area (Å²) in [7, 11) is 1.54. The van der Waals surface area contributed by atoms with Crippen molar-refractivity contribution in [3.05, 3.63) is 78.0 Å². The molecule has 0 aliphatic carbocycles. The fourth-order valence-electron chi connectivity index (χ4n) is 1.80. The second kappa shape index (κ2) is 7.87. The fraction of sp³-hybridized carbons (Fsp3) is 0.118. The van der Waals surface area contributed by atoms with Crippen LogP contribution in [0.1, 0.15) is 15.9 Å². The van der Waals surface area contributed by atoms with Gasteiger partial charge in [0.1, 0.15) is 5.75 Å². The lowest BCUT2D eigenvalue weighted by molar-refractivity contribution is 0.0572. The summed E-state index contributed by atoms with van der Waals surface area (Å²) in [4.78, 5) is 17.2. The SMILES string of the molecule is COc1ccccc1C(=O)/C=C/NOCc1ccccc1. The van der Waals surface area contributed by atoms with E-state index >= 15 is 0 Å². The first kappa shape index (κ1) is 14.8. The van der Waals surface area contributed by atoms with Gasteiger partial charge in [-0.2, -0.15) is 0 Å². The van der Waals surface area contributed by atoms with Crippen LogP contribution in [0.2, 0.25) is 0 Å². The summed E-state index contributed by atoms with van der Waals surface area (Å²) in [5, 5.41) is 0. The molecule has 1 N–H and O–H groups in total. The molecule has 0 fully saturated rings. The molecule has 0 aromatic heterocycles. The lowest BCUT2D eigenvalue weighted by Gasteiger charge is -2.05. The van der Waals surface area contributed by atoms with E-state index in [0.29, 0.717) is 17.9 Å². The molecule has 4 heteroatoms. The Labute approximate surface area is 124 Å². The fourth-order valence-corrected chi connectivity index (χ4v) is 1.80. The number of ether oxygens (including phenoxy) is 1. The van der Waals surface area contributed by atoms with Crippen molar-refractivity contribution in [2.75, 3.05) is 7.11 Å². The molecule has 21 heavy (non-hydrogen) atoms. The quantitative estimate of drug-likeness (QED) is 0.367. The molecule has 0 bridgehead atoms. The van der Waals surface area contributed by atoms with E-state index in [2.05, 4.69) is 5.48 Å². The number of rotatable bonds is 7. The molecule has 108 valence electrons. The number of methoxy groups -OCH3 is 1. The van der Waals surface area contributed by atoms with E-state index in [1.54, 1.807) is 18.2 Å². The zero-order valence-electron chi connectivity index (χ0n) is 11.8. The van der Waals surface area contributed by atoms with Crippen LogP contribution < -0.4 is 10.2 Å². The normalized spacial score (nSPS) is 10.5. The number of para-hydroxylation sites is 1. The Morgan fingerprint density at radius 1 is 1.10 bits per heavy atom. The predicted molar refractivity (Wildman–Crippen MR) is 80.8 cm³/mol. The number of hydrogen-bond acceptors (Lipinski definition) is 4. The highest BCUT2D eigenvalue weighted by molar-refractivity contribution is 6.06. The summed E-state index contributed by atoms with van der Waals surface area (Å²) >= 11 is 0. The predicted octanol–water partition coefficient (Wildman–Crippen LogP) is 3.11. The van der Waals surface area contributed by atoms with Gasteiger partial charge >= 0.3 is 0 Å². The van der Waals surface area contributed by atoms with Gasteiger partial charge in [-0.15, -0.1) is 0 Å². The smallest absolute Gasteiger partial charge is 0.191 e. The van der Waals surface area contributed by atoms with Crippen molar-refractivity contribution in [1.29, 1.82) is 0 Å². The summed E-state index contributed by atoms with van der Waals surface area (Å²) in [6.45, 7) is 0.425. The molecule has 2 rings (SSSR count). The summed E-state index contributed by atoms with van der Waals surface area (Å²) in [5.74, 6) is 0.403. The maximum Gasteiger partial charge on any atom is 0.191 e. The summed E-state index contributed by atoms with van der Waals surface area (Å²) in [5.41, 5.74) is 4.20. The monoisotopic (exact) mass is 283 g/mol. The van der Waals surface area contributed by atoms with Crippen molar-refractivity contribution >= 4 is 5.78 Å². The van der Waals surface area contributed by atoms with Crippen LogP contribution >= 0.6 is 0 Å². The number of hydroxylamine groups is 1. The van der Waals surface area contributed by atoms with Gasteiger partial charge < -0.3 is 4.74 Å². The first-order chi connectivity index (χ1) is 10.3. The topological polar surface area (TPSA) is 47.6 Å². The molecular weight excluding hydrogens is 266 g/mol. The standard InChI is InChI=1S/C17H17NO3/c1-20-17-10-6-5-9-15(17)16(19)11-12-18-21-13-14-7-3-2-4-8-14/h2-12,18H,13H2,1H3/b12-11+. The van der Waals surface area contributed by atoms with Crippen LogP contribution in [0.5, 0.6) is 5.75 Å². The molecule has 0 saturated carbocycles. The molecular formula is C17H17NO3. The minimum Gasteiger partial charge on any atom is -0.496 e. The molecule has 0 heterocycles. The van der Waals surface area contributed by atoms with E-state index < -0.39 is 0 Å². The van der Waals surface area contributed by atoms with E-state index in [4.69, 9.17) is 9.57 Å². The Kier molecular flexibility index (Phi) is 5.55. The van der Waals surface area contributed by atoms with Crippen molar-refractivity contribution < 1.29 is 14.4 Å². The average molecular weight is 283 g/mol. The van der Waals surface area contributed by atoms with Crippen LogP contribution in [0.4, 0.5) is 0 Å². The molecule has 0 radical (unpaired) electrons. The summed E-state index contributed by atoms with van der Waals surface area (Å²) < 4.78 is 5.15. The lowest BCUT2D eigenvalue weighted by Crippen LogP contribution is -2.07. The minimum absolute atomic E-state index is 0.150. The van der Waals surface area contributed by atoms with Crippen molar-refractivity contribution in [1.82, 2.24) is 5.48 Å². The summed E-state index contributed by atoms with van der Waals surface area (Å²) in [6, 6.07) is 16.8. The first-order valence-electron chi connectivity index (χ1n) is 6.56. The Morgan fingerprint density at radius 2 is 1.81 bits per heavy atom. The number of ketones is 1. The highest BCUT2D eigenvalue weighted by Gasteiger charge is 2.07. The maximum absolute atomic E-state index is 12.0. The molecule has 0 atom stereocenters. The highest BCUT2D eigenvalue weighted by Crippen LogP contribution is 2.17. The van der Waals surface area contributed by atoms with Crippen LogP contribution in [-0.4, -0.2) is 12.9 Å². The number of allylic oxidation sites excluding steroid dienone is 1. The van der Waals surface area contributed by atoms with E-state index in [0.717, 1.165) is 5.56 Å².